The zero-order chi connectivity index (χ0) is 14.5. The van der Waals surface area contributed by atoms with Crippen LogP contribution in [0.15, 0.2) is 0 Å². The van der Waals surface area contributed by atoms with Crippen LogP contribution < -0.4 is 0 Å². The minimum Gasteiger partial charge on any atom is -0.450 e. The SMILES string of the molecule is CCOC(=O)N1C2CC(OS(C)(=O)=O)CC1[C@@H]1CC[C@H]21. The third-order valence-corrected chi connectivity index (χ3v) is 5.51. The Balaban J connectivity index is 1.77. The molecule has 2 bridgehead atoms. The molecule has 2 aliphatic heterocycles. The van der Waals surface area contributed by atoms with E-state index in [1.165, 1.54) is 0 Å². The largest absolute Gasteiger partial charge is 0.450 e. The van der Waals surface area contributed by atoms with Gasteiger partial charge in [0.2, 0.25) is 0 Å². The summed E-state index contributed by atoms with van der Waals surface area (Å²) in [4.78, 5) is 14.0. The summed E-state index contributed by atoms with van der Waals surface area (Å²) in [5.74, 6) is 0.995. The van der Waals surface area contributed by atoms with E-state index in [0.29, 0.717) is 31.3 Å². The number of carbonyl (C=O) groups is 1. The van der Waals surface area contributed by atoms with Gasteiger partial charge in [0.25, 0.3) is 10.1 Å². The Bertz CT molecular complexity index is 485. The Morgan fingerprint density at radius 2 is 1.75 bits per heavy atom. The molecule has 5 atom stereocenters. The van der Waals surface area contributed by atoms with Crippen molar-refractivity contribution >= 4 is 16.2 Å². The summed E-state index contributed by atoms with van der Waals surface area (Å²) in [6, 6.07) is 0.164. The molecular formula is C13H21NO5S. The Labute approximate surface area is 119 Å². The van der Waals surface area contributed by atoms with E-state index in [-0.39, 0.29) is 24.3 Å². The van der Waals surface area contributed by atoms with Crippen LogP contribution >= 0.6 is 0 Å². The molecule has 20 heavy (non-hydrogen) atoms. The van der Waals surface area contributed by atoms with Gasteiger partial charge in [0.15, 0.2) is 0 Å². The summed E-state index contributed by atoms with van der Waals surface area (Å²) in [5.41, 5.74) is 0. The molecule has 3 unspecified atom stereocenters. The second-order valence-corrected chi connectivity index (χ2v) is 7.64. The van der Waals surface area contributed by atoms with Gasteiger partial charge in [-0.2, -0.15) is 8.42 Å². The highest BCUT2D eigenvalue weighted by Crippen LogP contribution is 2.54. The van der Waals surface area contributed by atoms with Gasteiger partial charge in [0.05, 0.1) is 19.0 Å². The maximum atomic E-state index is 12.1. The van der Waals surface area contributed by atoms with Gasteiger partial charge < -0.3 is 9.64 Å². The predicted molar refractivity (Wildman–Crippen MR) is 71.6 cm³/mol. The first kappa shape index (κ1) is 14.1. The van der Waals surface area contributed by atoms with Gasteiger partial charge in [-0.05, 0) is 44.4 Å². The van der Waals surface area contributed by atoms with E-state index in [9.17, 15) is 13.2 Å². The molecule has 0 N–H and O–H groups in total. The molecule has 0 spiro atoms. The van der Waals surface area contributed by atoms with E-state index in [0.717, 1.165) is 19.1 Å². The van der Waals surface area contributed by atoms with Crippen molar-refractivity contribution < 1.29 is 22.1 Å². The third-order valence-electron chi connectivity index (χ3n) is 4.88. The van der Waals surface area contributed by atoms with Gasteiger partial charge >= 0.3 is 6.09 Å². The molecule has 0 aromatic carbocycles. The fourth-order valence-corrected chi connectivity index (χ4v) is 4.82. The Morgan fingerprint density at radius 1 is 1.20 bits per heavy atom. The highest BCUT2D eigenvalue weighted by Gasteiger charge is 2.59. The van der Waals surface area contributed by atoms with E-state index < -0.39 is 10.1 Å². The van der Waals surface area contributed by atoms with E-state index in [2.05, 4.69) is 0 Å². The van der Waals surface area contributed by atoms with Crippen molar-refractivity contribution in [2.75, 3.05) is 12.9 Å². The number of nitrogens with zero attached hydrogens (tertiary/aromatic N) is 1. The lowest BCUT2D eigenvalue weighted by molar-refractivity contribution is 0.0330. The lowest BCUT2D eigenvalue weighted by Crippen LogP contribution is -2.50. The Kier molecular flexibility index (Phi) is 3.44. The summed E-state index contributed by atoms with van der Waals surface area (Å²) >= 11 is 0. The van der Waals surface area contributed by atoms with Gasteiger partial charge in [0, 0.05) is 12.1 Å². The first-order valence-electron chi connectivity index (χ1n) is 7.24. The molecule has 114 valence electrons. The molecule has 1 amide bonds. The second kappa shape index (κ2) is 4.87. The number of amides is 1. The molecule has 2 saturated heterocycles. The van der Waals surface area contributed by atoms with Gasteiger partial charge in [0.1, 0.15) is 0 Å². The summed E-state index contributed by atoms with van der Waals surface area (Å²) in [7, 11) is -3.44. The third kappa shape index (κ3) is 2.30. The van der Waals surface area contributed by atoms with Crippen molar-refractivity contribution in [2.45, 2.75) is 50.8 Å². The number of hydrogen-bond donors (Lipinski definition) is 0. The molecule has 3 rings (SSSR count). The van der Waals surface area contributed by atoms with Crippen LogP contribution in [0.1, 0.15) is 32.6 Å². The fraction of sp³-hybridized carbons (Fsp3) is 0.923. The highest BCUT2D eigenvalue weighted by atomic mass is 32.2. The van der Waals surface area contributed by atoms with Gasteiger partial charge in [-0.15, -0.1) is 0 Å². The quantitative estimate of drug-likeness (QED) is 0.736. The van der Waals surface area contributed by atoms with Crippen molar-refractivity contribution in [1.82, 2.24) is 4.90 Å². The number of fused-ring (bicyclic) bond motifs is 5. The molecule has 3 fully saturated rings. The van der Waals surface area contributed by atoms with Crippen LogP contribution in [-0.2, 0) is 19.0 Å². The lowest BCUT2D eigenvalue weighted by atomic mass is 9.71. The van der Waals surface area contributed by atoms with Crippen LogP contribution in [0.4, 0.5) is 4.79 Å². The van der Waals surface area contributed by atoms with Crippen LogP contribution in [0.25, 0.3) is 0 Å². The van der Waals surface area contributed by atoms with Crippen molar-refractivity contribution in [3.8, 4) is 0 Å². The first-order chi connectivity index (χ1) is 9.40. The van der Waals surface area contributed by atoms with Crippen molar-refractivity contribution in [1.29, 1.82) is 0 Å². The lowest BCUT2D eigenvalue weighted by Gasteiger charge is -2.37. The Morgan fingerprint density at radius 3 is 2.15 bits per heavy atom. The molecule has 0 aromatic rings. The highest BCUT2D eigenvalue weighted by molar-refractivity contribution is 7.86. The predicted octanol–water partition coefficient (Wildman–Crippen LogP) is 1.36. The van der Waals surface area contributed by atoms with Crippen LogP contribution in [0.2, 0.25) is 0 Å². The minimum absolute atomic E-state index is 0.0818. The van der Waals surface area contributed by atoms with E-state index in [1.54, 1.807) is 6.92 Å². The van der Waals surface area contributed by atoms with Crippen molar-refractivity contribution in [2.24, 2.45) is 11.8 Å². The molecule has 0 aromatic heterocycles. The zero-order valence-electron chi connectivity index (χ0n) is 11.8. The molecule has 6 nitrogen and oxygen atoms in total. The van der Waals surface area contributed by atoms with Gasteiger partial charge in [-0.3, -0.25) is 4.18 Å². The fourth-order valence-electron chi connectivity index (χ4n) is 4.17. The average molecular weight is 303 g/mol. The Hall–Kier alpha value is -0.820. The number of hydrogen-bond acceptors (Lipinski definition) is 5. The van der Waals surface area contributed by atoms with Crippen LogP contribution in [0, 0.1) is 11.8 Å². The number of ether oxygens (including phenoxy) is 1. The molecule has 1 saturated carbocycles. The smallest absolute Gasteiger partial charge is 0.410 e. The van der Waals surface area contributed by atoms with Crippen molar-refractivity contribution in [3.05, 3.63) is 0 Å². The van der Waals surface area contributed by atoms with Gasteiger partial charge in [-0.25, -0.2) is 4.79 Å². The molecule has 3 aliphatic rings. The number of carbonyl (C=O) groups excluding carboxylic acids is 1. The van der Waals surface area contributed by atoms with E-state index >= 15 is 0 Å². The van der Waals surface area contributed by atoms with Crippen LogP contribution in [-0.4, -0.2) is 50.5 Å². The molecule has 7 heteroatoms. The molecule has 2 heterocycles. The van der Waals surface area contributed by atoms with Crippen LogP contribution in [0.5, 0.6) is 0 Å². The maximum absolute atomic E-state index is 12.1. The summed E-state index contributed by atoms with van der Waals surface area (Å²) < 4.78 is 32.9. The maximum Gasteiger partial charge on any atom is 0.410 e. The number of rotatable bonds is 3. The van der Waals surface area contributed by atoms with Crippen LogP contribution in [0.3, 0.4) is 0 Å². The van der Waals surface area contributed by atoms with E-state index in [4.69, 9.17) is 8.92 Å². The summed E-state index contributed by atoms with van der Waals surface area (Å²) in [6.07, 6.45) is 3.97. The van der Waals surface area contributed by atoms with Crippen molar-refractivity contribution in [3.63, 3.8) is 0 Å². The summed E-state index contributed by atoms with van der Waals surface area (Å²) in [6.45, 7) is 2.17. The zero-order valence-corrected chi connectivity index (χ0v) is 12.6. The average Bonchev–Trinajstić information content (AvgIpc) is 2.37. The molecule has 0 radical (unpaired) electrons. The number of piperidine rings is 1. The topological polar surface area (TPSA) is 72.9 Å². The normalized spacial score (nSPS) is 39.1. The summed E-state index contributed by atoms with van der Waals surface area (Å²) in [5, 5.41) is 0. The van der Waals surface area contributed by atoms with E-state index in [1.807, 2.05) is 4.90 Å². The standard InChI is InChI=1S/C13H21NO5S/c1-3-18-13(15)14-11-6-8(19-20(2,16)17)7-12(14)10-5-4-9(10)11/h8-12H,3-7H2,1-2H3/t8?,9-,10+,11?,12?. The first-order valence-corrected chi connectivity index (χ1v) is 9.05. The molecular weight excluding hydrogens is 282 g/mol. The minimum atomic E-state index is -3.44. The molecule has 1 aliphatic carbocycles. The second-order valence-electron chi connectivity index (χ2n) is 6.04. The van der Waals surface area contributed by atoms with Gasteiger partial charge in [-0.1, -0.05) is 0 Å². The monoisotopic (exact) mass is 303 g/mol.